The predicted molar refractivity (Wildman–Crippen MR) is 57.1 cm³/mol. The minimum atomic E-state index is 0.315. The van der Waals surface area contributed by atoms with Crippen LogP contribution in [0.4, 0.5) is 0 Å². The molecule has 0 amide bonds. The Hall–Kier alpha value is -0.0701. The van der Waals surface area contributed by atoms with E-state index in [2.05, 4.69) is 10.5 Å². The van der Waals surface area contributed by atoms with Crippen molar-refractivity contribution in [2.24, 2.45) is 5.73 Å². The molecule has 0 radical (unpaired) electrons. The van der Waals surface area contributed by atoms with Crippen LogP contribution in [0.2, 0.25) is 6.32 Å². The van der Waals surface area contributed by atoms with Crippen molar-refractivity contribution in [1.29, 1.82) is 0 Å². The summed E-state index contributed by atoms with van der Waals surface area (Å²) < 4.78 is 9.81. The van der Waals surface area contributed by atoms with E-state index in [9.17, 15) is 0 Å². The maximum Gasteiger partial charge on any atom is 0.360 e. The minimum Gasteiger partial charge on any atom is -0.428 e. The molecule has 0 fully saturated rings. The van der Waals surface area contributed by atoms with Gasteiger partial charge in [0, 0.05) is 13.7 Å². The first-order valence-corrected chi connectivity index (χ1v) is 4.60. The van der Waals surface area contributed by atoms with Crippen molar-refractivity contribution in [1.82, 2.24) is 10.5 Å². The molecule has 0 saturated carbocycles. The predicted octanol–water partition coefficient (Wildman–Crippen LogP) is -2.22. The van der Waals surface area contributed by atoms with E-state index in [-0.39, 0.29) is 0 Å². The van der Waals surface area contributed by atoms with Gasteiger partial charge in [0.1, 0.15) is 0 Å². The largest absolute Gasteiger partial charge is 0.428 e. The molecule has 0 spiro atoms. The van der Waals surface area contributed by atoms with E-state index in [1.165, 1.54) is 0 Å². The molecule has 7 heteroatoms. The lowest BCUT2D eigenvalue weighted by atomic mass is 9.96. The molecular formula is C6H19B2N3O2. The second-order valence-electron chi connectivity index (χ2n) is 2.61. The van der Waals surface area contributed by atoms with Gasteiger partial charge in [0.25, 0.3) is 7.48 Å². The number of nitrogens with one attached hydrogen (secondary N) is 2. The summed E-state index contributed by atoms with van der Waals surface area (Å²) >= 11 is 0. The highest BCUT2D eigenvalue weighted by atomic mass is 16.4. The fourth-order valence-electron chi connectivity index (χ4n) is 0.859. The van der Waals surface area contributed by atoms with Crippen LogP contribution in [0.1, 0.15) is 0 Å². The van der Waals surface area contributed by atoms with Gasteiger partial charge in [-0.1, -0.05) is 0 Å². The molecule has 0 bridgehead atoms. The van der Waals surface area contributed by atoms with Gasteiger partial charge in [0.15, 0.2) is 0 Å². The normalized spacial score (nSPS) is 10.0. The first-order chi connectivity index (χ1) is 6.41. The van der Waals surface area contributed by atoms with Gasteiger partial charge in [0.05, 0.1) is 6.73 Å². The number of rotatable bonds is 10. The monoisotopic (exact) mass is 187 g/mol. The summed E-state index contributed by atoms with van der Waals surface area (Å²) in [6, 6.07) is 0. The fourth-order valence-corrected chi connectivity index (χ4v) is 0.859. The standard InChI is InChI=1S/C6H19B2N3O2/c1-12-8-11-5-4-10-3-2-7-13-6-9/h7-8,10-11H,2-6,9H2,1H3. The molecule has 0 aliphatic rings. The van der Waals surface area contributed by atoms with Gasteiger partial charge in [-0.3, -0.25) is 0 Å². The van der Waals surface area contributed by atoms with Crippen molar-refractivity contribution < 1.29 is 9.31 Å². The quantitative estimate of drug-likeness (QED) is 0.205. The highest BCUT2D eigenvalue weighted by molar-refractivity contribution is 6.27. The van der Waals surface area contributed by atoms with Gasteiger partial charge in [-0.05, 0) is 19.4 Å². The molecular weight excluding hydrogens is 168 g/mol. The lowest BCUT2D eigenvalue weighted by Crippen LogP contribution is -2.31. The molecule has 5 nitrogen and oxygen atoms in total. The summed E-state index contributed by atoms with van der Waals surface area (Å²) in [5.41, 5.74) is 5.16. The molecule has 76 valence electrons. The van der Waals surface area contributed by atoms with E-state index in [1.807, 2.05) is 0 Å². The second-order valence-corrected chi connectivity index (χ2v) is 2.61. The summed E-state index contributed by atoms with van der Waals surface area (Å²) in [7, 11) is 3.01. The van der Waals surface area contributed by atoms with Crippen LogP contribution in [0.15, 0.2) is 0 Å². The van der Waals surface area contributed by atoms with E-state index in [0.29, 0.717) is 14.3 Å². The Morgan fingerprint density at radius 3 is 2.85 bits per heavy atom. The third-order valence-corrected chi connectivity index (χ3v) is 1.49. The van der Waals surface area contributed by atoms with Crippen LogP contribution in [0, 0.1) is 0 Å². The Morgan fingerprint density at radius 2 is 2.15 bits per heavy atom. The molecule has 0 aliphatic heterocycles. The Labute approximate surface area is 81.3 Å². The van der Waals surface area contributed by atoms with Crippen LogP contribution in [-0.2, 0) is 9.31 Å². The Balaban J connectivity index is 2.76. The summed E-state index contributed by atoms with van der Waals surface area (Å²) in [5.74, 6) is 0. The van der Waals surface area contributed by atoms with Gasteiger partial charge in [-0.25, -0.2) is 0 Å². The summed E-state index contributed by atoms with van der Waals surface area (Å²) in [5, 5.41) is 6.37. The molecule has 0 aromatic carbocycles. The SMILES string of the molecule is COBNCCNCCBOCN. The van der Waals surface area contributed by atoms with Crippen LogP contribution in [0.25, 0.3) is 0 Å². The molecule has 0 aromatic rings. The summed E-state index contributed by atoms with van der Waals surface area (Å²) in [6.45, 7) is 3.15. The van der Waals surface area contributed by atoms with Gasteiger partial charge in [0.2, 0.25) is 0 Å². The minimum absolute atomic E-state index is 0.315. The van der Waals surface area contributed by atoms with Crippen LogP contribution in [0.3, 0.4) is 0 Å². The molecule has 0 aliphatic carbocycles. The molecule has 13 heavy (non-hydrogen) atoms. The lowest BCUT2D eigenvalue weighted by molar-refractivity contribution is 0.348. The highest BCUT2D eigenvalue weighted by Gasteiger charge is 1.91. The summed E-state index contributed by atoms with van der Waals surface area (Å²) in [6.07, 6.45) is 1.00. The van der Waals surface area contributed by atoms with Crippen molar-refractivity contribution in [2.45, 2.75) is 6.32 Å². The van der Waals surface area contributed by atoms with Crippen LogP contribution < -0.4 is 16.3 Å². The maximum absolute atomic E-state index is 5.16. The average molecular weight is 187 g/mol. The van der Waals surface area contributed by atoms with Crippen LogP contribution in [0.5, 0.6) is 0 Å². The van der Waals surface area contributed by atoms with E-state index in [4.69, 9.17) is 15.0 Å². The zero-order valence-corrected chi connectivity index (χ0v) is 8.34. The van der Waals surface area contributed by atoms with Gasteiger partial charge < -0.3 is 25.6 Å². The molecule has 0 rings (SSSR count). The molecule has 4 N–H and O–H groups in total. The molecule has 0 atom stereocenters. The zero-order valence-electron chi connectivity index (χ0n) is 8.34. The topological polar surface area (TPSA) is 68.5 Å². The fraction of sp³-hybridized carbons (Fsp3) is 1.00. The first kappa shape index (κ1) is 12.9. The van der Waals surface area contributed by atoms with Gasteiger partial charge in [-0.15, -0.1) is 0 Å². The van der Waals surface area contributed by atoms with Crippen molar-refractivity contribution in [3.05, 3.63) is 0 Å². The molecule has 0 saturated heterocycles. The number of hydrogen-bond acceptors (Lipinski definition) is 5. The number of hydrogen-bond donors (Lipinski definition) is 3. The Morgan fingerprint density at radius 1 is 1.31 bits per heavy atom. The van der Waals surface area contributed by atoms with Crippen molar-refractivity contribution in [3.63, 3.8) is 0 Å². The van der Waals surface area contributed by atoms with Gasteiger partial charge >= 0.3 is 7.62 Å². The third-order valence-electron chi connectivity index (χ3n) is 1.49. The Kier molecular flexibility index (Phi) is 11.9. The van der Waals surface area contributed by atoms with E-state index in [1.54, 1.807) is 7.11 Å². The maximum atomic E-state index is 5.16. The van der Waals surface area contributed by atoms with E-state index < -0.39 is 0 Å². The van der Waals surface area contributed by atoms with Crippen LogP contribution >= 0.6 is 0 Å². The van der Waals surface area contributed by atoms with E-state index >= 15 is 0 Å². The first-order valence-electron chi connectivity index (χ1n) is 4.60. The molecule has 0 unspecified atom stereocenters. The third kappa shape index (κ3) is 11.9. The van der Waals surface area contributed by atoms with Crippen molar-refractivity contribution >= 4 is 15.1 Å². The molecule has 0 aromatic heterocycles. The summed E-state index contributed by atoms with van der Waals surface area (Å²) in [4.78, 5) is 0. The second kappa shape index (κ2) is 11.9. The molecule has 0 heterocycles. The van der Waals surface area contributed by atoms with E-state index in [0.717, 1.165) is 33.4 Å². The average Bonchev–Trinajstić information content (AvgIpc) is 2.16. The van der Waals surface area contributed by atoms with Crippen molar-refractivity contribution in [2.75, 3.05) is 33.5 Å². The smallest absolute Gasteiger partial charge is 0.360 e. The zero-order chi connectivity index (χ0) is 9.78. The number of nitrogens with two attached hydrogens (primary N) is 1. The lowest BCUT2D eigenvalue weighted by Gasteiger charge is -2.04. The Bertz CT molecular complexity index is 89.9. The van der Waals surface area contributed by atoms with Gasteiger partial charge in [-0.2, -0.15) is 0 Å². The van der Waals surface area contributed by atoms with Crippen LogP contribution in [-0.4, -0.2) is 48.6 Å². The van der Waals surface area contributed by atoms with Crippen molar-refractivity contribution in [3.8, 4) is 0 Å². The highest BCUT2D eigenvalue weighted by Crippen LogP contribution is 1.75.